The summed E-state index contributed by atoms with van der Waals surface area (Å²) >= 11 is 0. The molecule has 0 bridgehead atoms. The van der Waals surface area contributed by atoms with Crippen LogP contribution in [0.25, 0.3) is 11.1 Å². The fourth-order valence-corrected chi connectivity index (χ4v) is 5.16. The highest BCUT2D eigenvalue weighted by Gasteiger charge is 2.31. The summed E-state index contributed by atoms with van der Waals surface area (Å²) in [7, 11) is 0. The third-order valence-electron chi connectivity index (χ3n) is 7.30. The molecule has 228 valence electrons. The van der Waals surface area contributed by atoms with E-state index in [2.05, 4.69) is 15.4 Å². The van der Waals surface area contributed by atoms with Gasteiger partial charge in [-0.2, -0.15) is 0 Å². The van der Waals surface area contributed by atoms with Crippen LogP contribution in [0.2, 0.25) is 0 Å². The van der Waals surface area contributed by atoms with Crippen LogP contribution in [0.3, 0.4) is 0 Å². The molecule has 1 saturated heterocycles. The first-order chi connectivity index (χ1) is 21.1. The van der Waals surface area contributed by atoms with Crippen LogP contribution < -0.4 is 20.1 Å². The summed E-state index contributed by atoms with van der Waals surface area (Å²) in [5.41, 5.74) is 3.93. The third-order valence-corrected chi connectivity index (χ3v) is 7.30. The number of carbonyl (C=O) groups excluding carboxylic acids is 2. The van der Waals surface area contributed by atoms with E-state index in [4.69, 9.17) is 4.74 Å². The summed E-state index contributed by atoms with van der Waals surface area (Å²) in [4.78, 5) is 27.8. The normalized spacial score (nSPS) is 13.7. The molecule has 3 amide bonds. The number of hydrogen-bond acceptors (Lipinski definition) is 4. The smallest absolute Gasteiger partial charge is 0.490 e. The molecule has 2 N–H and O–H groups in total. The van der Waals surface area contributed by atoms with Crippen LogP contribution in [0.15, 0.2) is 97.1 Å². The number of halogens is 3. The molecule has 7 nitrogen and oxygen atoms in total. The Morgan fingerprint density at radius 1 is 0.864 bits per heavy atom. The lowest BCUT2D eigenvalue weighted by atomic mass is 9.94. The average Bonchev–Trinajstić information content (AvgIpc) is 3.00. The Morgan fingerprint density at radius 3 is 2.27 bits per heavy atom. The highest BCUT2D eigenvalue weighted by molar-refractivity contribution is 6.09. The molecular formula is C34H32F3N3O4. The van der Waals surface area contributed by atoms with Crippen molar-refractivity contribution in [2.75, 3.05) is 18.4 Å². The van der Waals surface area contributed by atoms with E-state index in [0.29, 0.717) is 60.6 Å². The van der Waals surface area contributed by atoms with Gasteiger partial charge >= 0.3 is 12.4 Å². The Kier molecular flexibility index (Phi) is 9.38. The lowest BCUT2D eigenvalue weighted by Crippen LogP contribution is -2.46. The van der Waals surface area contributed by atoms with Crippen molar-refractivity contribution < 1.29 is 32.2 Å². The minimum absolute atomic E-state index is 0.0770. The van der Waals surface area contributed by atoms with E-state index in [0.717, 1.165) is 11.1 Å². The number of nitrogens with one attached hydrogen (secondary N) is 2. The number of carbonyl (C=O) groups is 2. The van der Waals surface area contributed by atoms with Gasteiger partial charge in [0, 0.05) is 49.8 Å². The summed E-state index contributed by atoms with van der Waals surface area (Å²) < 4.78 is 47.9. The maximum absolute atomic E-state index is 13.4. The summed E-state index contributed by atoms with van der Waals surface area (Å²) in [5, 5.41) is 5.87. The van der Waals surface area contributed by atoms with E-state index in [1.165, 1.54) is 24.3 Å². The number of alkyl halides is 3. The van der Waals surface area contributed by atoms with Crippen LogP contribution in [0.4, 0.5) is 23.7 Å². The third kappa shape index (κ3) is 8.09. The number of anilines is 1. The van der Waals surface area contributed by atoms with Gasteiger partial charge in [-0.15, -0.1) is 13.2 Å². The number of nitrogens with zero attached hydrogens (tertiary/aromatic N) is 1. The number of ether oxygens (including phenoxy) is 2. The van der Waals surface area contributed by atoms with Gasteiger partial charge in [0.05, 0.1) is 0 Å². The predicted molar refractivity (Wildman–Crippen MR) is 162 cm³/mol. The van der Waals surface area contributed by atoms with Crippen LogP contribution in [0.5, 0.6) is 11.5 Å². The molecule has 0 atom stereocenters. The zero-order valence-electron chi connectivity index (χ0n) is 24.1. The highest BCUT2D eigenvalue weighted by Crippen LogP contribution is 2.32. The number of hydrogen-bond donors (Lipinski definition) is 2. The Bertz CT molecular complexity index is 1590. The molecule has 10 heteroatoms. The number of benzene rings is 4. The SMILES string of the molecule is Cc1cccc(C(=O)Nc2cccc(OC3CCN(C(=O)NCc4ccccc4)CC3)c2)c1-c1ccc(OC(F)(F)F)cc1. The van der Waals surface area contributed by atoms with Gasteiger partial charge < -0.3 is 25.0 Å². The van der Waals surface area contributed by atoms with Crippen molar-refractivity contribution >= 4 is 17.6 Å². The van der Waals surface area contributed by atoms with Crippen molar-refractivity contribution in [2.24, 2.45) is 0 Å². The zero-order valence-corrected chi connectivity index (χ0v) is 24.1. The standard InChI is InChI=1S/C34H32F3N3O4/c1-23-7-5-12-30(31(23)25-13-15-28(16-14-25)44-34(35,36)37)32(41)39-26-10-6-11-29(21-26)43-27-17-19-40(20-18-27)33(42)38-22-24-8-3-2-4-9-24/h2-16,21,27H,17-20,22H2,1H3,(H,38,42)(H,39,41). The van der Waals surface area contributed by atoms with E-state index in [9.17, 15) is 22.8 Å². The maximum Gasteiger partial charge on any atom is 0.573 e. The highest BCUT2D eigenvalue weighted by atomic mass is 19.4. The minimum Gasteiger partial charge on any atom is -0.490 e. The van der Waals surface area contributed by atoms with Gasteiger partial charge in [-0.25, -0.2) is 4.79 Å². The second-order valence-corrected chi connectivity index (χ2v) is 10.5. The van der Waals surface area contributed by atoms with Crippen molar-refractivity contribution in [2.45, 2.75) is 38.8 Å². The number of aryl methyl sites for hydroxylation is 1. The van der Waals surface area contributed by atoms with Crippen molar-refractivity contribution in [3.63, 3.8) is 0 Å². The first kappa shape index (κ1) is 30.5. The van der Waals surface area contributed by atoms with E-state index in [1.807, 2.05) is 49.4 Å². The minimum atomic E-state index is -4.79. The second kappa shape index (κ2) is 13.5. The molecular weight excluding hydrogens is 571 g/mol. The molecule has 0 unspecified atom stereocenters. The Balaban J connectivity index is 1.18. The molecule has 0 aliphatic carbocycles. The topological polar surface area (TPSA) is 79.9 Å². The van der Waals surface area contributed by atoms with Crippen molar-refractivity contribution in [3.05, 3.63) is 114 Å². The van der Waals surface area contributed by atoms with Gasteiger partial charge in [0.1, 0.15) is 17.6 Å². The van der Waals surface area contributed by atoms with E-state index in [-0.39, 0.29) is 23.8 Å². The van der Waals surface area contributed by atoms with Gasteiger partial charge in [0.2, 0.25) is 0 Å². The van der Waals surface area contributed by atoms with Gasteiger partial charge in [-0.3, -0.25) is 4.79 Å². The lowest BCUT2D eigenvalue weighted by molar-refractivity contribution is -0.274. The molecule has 0 radical (unpaired) electrons. The molecule has 4 aromatic rings. The molecule has 1 heterocycles. The van der Waals surface area contributed by atoms with Gasteiger partial charge in [-0.1, -0.05) is 60.7 Å². The molecule has 1 aliphatic rings. The fourth-order valence-electron chi connectivity index (χ4n) is 5.16. The van der Waals surface area contributed by atoms with Crippen molar-refractivity contribution in [1.82, 2.24) is 10.2 Å². The van der Waals surface area contributed by atoms with Gasteiger partial charge in [0.25, 0.3) is 5.91 Å². The molecule has 1 aliphatic heterocycles. The van der Waals surface area contributed by atoms with Crippen LogP contribution in [0.1, 0.15) is 34.3 Å². The average molecular weight is 604 g/mol. The molecule has 0 aromatic heterocycles. The second-order valence-electron chi connectivity index (χ2n) is 10.5. The fraction of sp³-hybridized carbons (Fsp3) is 0.235. The maximum atomic E-state index is 13.4. The molecule has 44 heavy (non-hydrogen) atoms. The van der Waals surface area contributed by atoms with E-state index < -0.39 is 6.36 Å². The molecule has 0 spiro atoms. The summed E-state index contributed by atoms with van der Waals surface area (Å²) in [6.07, 6.45) is -3.51. The van der Waals surface area contributed by atoms with Gasteiger partial charge in [-0.05, 0) is 59.5 Å². The molecule has 4 aromatic carbocycles. The number of urea groups is 1. The first-order valence-electron chi connectivity index (χ1n) is 14.3. The first-order valence-corrected chi connectivity index (χ1v) is 14.3. The number of amides is 3. The van der Waals surface area contributed by atoms with Crippen LogP contribution in [-0.4, -0.2) is 42.4 Å². The molecule has 1 fully saturated rings. The quantitative estimate of drug-likeness (QED) is 0.218. The monoisotopic (exact) mass is 603 g/mol. The number of piperidine rings is 1. The zero-order chi connectivity index (χ0) is 31.1. The van der Waals surface area contributed by atoms with Crippen LogP contribution in [-0.2, 0) is 6.54 Å². The molecule has 5 rings (SSSR count). The summed E-state index contributed by atoms with van der Waals surface area (Å²) in [5.74, 6) is -0.111. The lowest BCUT2D eigenvalue weighted by Gasteiger charge is -2.32. The Hall–Kier alpha value is -4.99. The number of likely N-dealkylation sites (tertiary alicyclic amines) is 1. The summed E-state index contributed by atoms with van der Waals surface area (Å²) in [6, 6.07) is 27.4. The largest absolute Gasteiger partial charge is 0.573 e. The van der Waals surface area contributed by atoms with E-state index >= 15 is 0 Å². The number of rotatable bonds is 8. The van der Waals surface area contributed by atoms with Gasteiger partial charge in [0.15, 0.2) is 0 Å². The molecule has 0 saturated carbocycles. The summed E-state index contributed by atoms with van der Waals surface area (Å²) in [6.45, 7) is 3.45. The Morgan fingerprint density at radius 2 is 1.57 bits per heavy atom. The predicted octanol–water partition coefficient (Wildman–Crippen LogP) is 7.57. The van der Waals surface area contributed by atoms with Crippen molar-refractivity contribution in [3.8, 4) is 22.6 Å². The van der Waals surface area contributed by atoms with E-state index in [1.54, 1.807) is 35.2 Å². The Labute approximate surface area is 253 Å². The van der Waals surface area contributed by atoms with Crippen LogP contribution in [0, 0.1) is 6.92 Å². The van der Waals surface area contributed by atoms with Crippen molar-refractivity contribution in [1.29, 1.82) is 0 Å². The van der Waals surface area contributed by atoms with Crippen LogP contribution >= 0.6 is 0 Å².